The van der Waals surface area contributed by atoms with Crippen molar-refractivity contribution in [1.82, 2.24) is 0 Å². The number of para-hydroxylation sites is 1. The second kappa shape index (κ2) is 4.95. The minimum Gasteiger partial charge on any atom is -0.457 e. The summed E-state index contributed by atoms with van der Waals surface area (Å²) >= 11 is 0. The van der Waals surface area contributed by atoms with Gasteiger partial charge in [-0.25, -0.2) is 0 Å². The molecule has 4 rings (SSSR count). The summed E-state index contributed by atoms with van der Waals surface area (Å²) in [6.45, 7) is 0. The maximum absolute atomic E-state index is 5.81. The minimum atomic E-state index is 0.584. The van der Waals surface area contributed by atoms with Crippen LogP contribution in [0.2, 0.25) is 0 Å². The molecule has 1 saturated heterocycles. The molecule has 2 fully saturated rings. The topological polar surface area (TPSA) is 21.8 Å². The van der Waals surface area contributed by atoms with Gasteiger partial charge in [-0.3, -0.25) is 0 Å². The summed E-state index contributed by atoms with van der Waals surface area (Å²) in [6, 6.07) is 18.4. The molecule has 1 aliphatic carbocycles. The Morgan fingerprint density at radius 3 is 2.20 bits per heavy atom. The maximum atomic E-state index is 5.81. The Morgan fingerprint density at radius 2 is 1.50 bits per heavy atom. The van der Waals surface area contributed by atoms with E-state index in [0.717, 1.165) is 17.4 Å². The lowest BCUT2D eigenvalue weighted by molar-refractivity contribution is 0.272. The molecule has 1 aliphatic heterocycles. The Labute approximate surface area is 119 Å². The van der Waals surface area contributed by atoms with Gasteiger partial charge in [0.1, 0.15) is 11.5 Å². The lowest BCUT2D eigenvalue weighted by Crippen LogP contribution is -2.03. The molecule has 2 aliphatic rings. The molecule has 20 heavy (non-hydrogen) atoms. The number of hydrogen-bond acceptors (Lipinski definition) is 2. The average molecular weight is 266 g/mol. The summed E-state index contributed by atoms with van der Waals surface area (Å²) in [4.78, 5) is 0. The highest BCUT2D eigenvalue weighted by Gasteiger charge is 2.47. The molecule has 0 N–H and O–H groups in total. The Kier molecular flexibility index (Phi) is 2.96. The zero-order valence-electron chi connectivity index (χ0n) is 11.4. The molecule has 2 nitrogen and oxygen atoms in total. The van der Waals surface area contributed by atoms with Crippen molar-refractivity contribution in [2.24, 2.45) is 5.92 Å². The van der Waals surface area contributed by atoms with Crippen molar-refractivity contribution in [3.05, 3.63) is 60.2 Å². The fourth-order valence-corrected chi connectivity index (χ4v) is 3.17. The zero-order valence-corrected chi connectivity index (χ0v) is 11.4. The molecule has 0 bridgehead atoms. The van der Waals surface area contributed by atoms with E-state index in [2.05, 4.69) is 24.3 Å². The van der Waals surface area contributed by atoms with E-state index in [1.807, 2.05) is 30.3 Å². The molecular weight excluding hydrogens is 248 g/mol. The number of ether oxygens (including phenoxy) is 2. The lowest BCUT2D eigenvalue weighted by atomic mass is 9.97. The number of rotatable bonds is 4. The van der Waals surface area contributed by atoms with Gasteiger partial charge in [0.15, 0.2) is 0 Å². The van der Waals surface area contributed by atoms with Crippen LogP contribution in [0.5, 0.6) is 11.5 Å². The zero-order chi connectivity index (χ0) is 13.4. The number of benzene rings is 2. The van der Waals surface area contributed by atoms with Gasteiger partial charge < -0.3 is 9.47 Å². The van der Waals surface area contributed by atoms with Crippen LogP contribution in [0.3, 0.4) is 0 Å². The normalized spacial score (nSPS) is 27.1. The van der Waals surface area contributed by atoms with Crippen LogP contribution in [-0.2, 0) is 11.2 Å². The summed E-state index contributed by atoms with van der Waals surface area (Å²) in [5, 5.41) is 0. The van der Waals surface area contributed by atoms with Crippen molar-refractivity contribution >= 4 is 0 Å². The van der Waals surface area contributed by atoms with Gasteiger partial charge in [-0.15, -0.1) is 0 Å². The van der Waals surface area contributed by atoms with Crippen molar-refractivity contribution in [2.45, 2.75) is 31.5 Å². The fourth-order valence-electron chi connectivity index (χ4n) is 3.17. The third kappa shape index (κ3) is 2.56. The van der Waals surface area contributed by atoms with Gasteiger partial charge in [0.2, 0.25) is 0 Å². The predicted molar refractivity (Wildman–Crippen MR) is 78.0 cm³/mol. The van der Waals surface area contributed by atoms with Crippen LogP contribution in [0.4, 0.5) is 0 Å². The van der Waals surface area contributed by atoms with Crippen LogP contribution < -0.4 is 4.74 Å². The molecule has 3 atom stereocenters. The molecule has 0 aromatic heterocycles. The first-order valence-corrected chi connectivity index (χ1v) is 7.34. The summed E-state index contributed by atoms with van der Waals surface area (Å²) in [5.41, 5.74) is 1.40. The minimum absolute atomic E-state index is 0.584. The van der Waals surface area contributed by atoms with Crippen molar-refractivity contribution in [3.63, 3.8) is 0 Å². The monoisotopic (exact) mass is 266 g/mol. The Bertz CT molecular complexity index is 566. The summed E-state index contributed by atoms with van der Waals surface area (Å²) in [6.07, 6.45) is 4.82. The molecule has 2 aromatic carbocycles. The standard InChI is InChI=1S/C18H18O2/c1-2-4-15(5-3-1)19-16-8-6-13(7-9-16)10-14-11-17-18(12-14)20-17/h1-9,14,17-18H,10-12H2/t14?,17-,18+. The van der Waals surface area contributed by atoms with Crippen molar-refractivity contribution in [2.75, 3.05) is 0 Å². The van der Waals surface area contributed by atoms with E-state index in [1.54, 1.807) is 0 Å². The van der Waals surface area contributed by atoms with E-state index < -0.39 is 0 Å². The van der Waals surface area contributed by atoms with E-state index >= 15 is 0 Å². The van der Waals surface area contributed by atoms with Crippen molar-refractivity contribution < 1.29 is 9.47 Å². The molecule has 0 spiro atoms. The highest BCUT2D eigenvalue weighted by molar-refractivity contribution is 5.33. The maximum Gasteiger partial charge on any atom is 0.127 e. The molecule has 2 heteroatoms. The third-order valence-electron chi connectivity index (χ3n) is 4.25. The van der Waals surface area contributed by atoms with E-state index in [4.69, 9.17) is 9.47 Å². The van der Waals surface area contributed by atoms with Crippen LogP contribution in [-0.4, -0.2) is 12.2 Å². The molecule has 102 valence electrons. The molecule has 1 heterocycles. The van der Waals surface area contributed by atoms with Crippen molar-refractivity contribution in [1.29, 1.82) is 0 Å². The molecular formula is C18H18O2. The second-order valence-electron chi connectivity index (χ2n) is 5.81. The van der Waals surface area contributed by atoms with Gasteiger partial charge in [-0.1, -0.05) is 30.3 Å². The predicted octanol–water partition coefficient (Wildman–Crippen LogP) is 4.20. The summed E-state index contributed by atoms with van der Waals surface area (Å²) < 4.78 is 11.3. The quantitative estimate of drug-likeness (QED) is 0.774. The highest BCUT2D eigenvalue weighted by atomic mass is 16.6. The first kappa shape index (κ1) is 12.0. The average Bonchev–Trinajstić information content (AvgIpc) is 3.09. The molecule has 0 amide bonds. The van der Waals surface area contributed by atoms with E-state index in [9.17, 15) is 0 Å². The van der Waals surface area contributed by atoms with Crippen LogP contribution >= 0.6 is 0 Å². The third-order valence-corrected chi connectivity index (χ3v) is 4.25. The Morgan fingerprint density at radius 1 is 0.850 bits per heavy atom. The van der Waals surface area contributed by atoms with Gasteiger partial charge in [0.05, 0.1) is 12.2 Å². The number of hydrogen-bond donors (Lipinski definition) is 0. The van der Waals surface area contributed by atoms with Gasteiger partial charge in [0, 0.05) is 0 Å². The molecule has 1 unspecified atom stereocenters. The van der Waals surface area contributed by atoms with Gasteiger partial charge in [-0.05, 0) is 55.0 Å². The second-order valence-corrected chi connectivity index (χ2v) is 5.81. The van der Waals surface area contributed by atoms with E-state index in [0.29, 0.717) is 12.2 Å². The number of epoxide rings is 1. The number of fused-ring (bicyclic) bond motifs is 1. The largest absolute Gasteiger partial charge is 0.457 e. The van der Waals surface area contributed by atoms with Gasteiger partial charge >= 0.3 is 0 Å². The highest BCUT2D eigenvalue weighted by Crippen LogP contribution is 2.43. The summed E-state index contributed by atoms with van der Waals surface area (Å²) in [5.74, 6) is 2.59. The van der Waals surface area contributed by atoms with Gasteiger partial charge in [-0.2, -0.15) is 0 Å². The van der Waals surface area contributed by atoms with Crippen LogP contribution in [0.25, 0.3) is 0 Å². The smallest absolute Gasteiger partial charge is 0.127 e. The van der Waals surface area contributed by atoms with Crippen LogP contribution in [0.1, 0.15) is 18.4 Å². The Hall–Kier alpha value is -1.80. The lowest BCUT2D eigenvalue weighted by Gasteiger charge is -2.12. The first-order chi connectivity index (χ1) is 9.87. The van der Waals surface area contributed by atoms with Gasteiger partial charge in [0.25, 0.3) is 0 Å². The van der Waals surface area contributed by atoms with E-state index in [-0.39, 0.29) is 0 Å². The fraction of sp³-hybridized carbons (Fsp3) is 0.333. The SMILES string of the molecule is c1ccc(Oc2ccc(CC3C[C@@H]4O[C@@H]4C3)cc2)cc1. The molecule has 2 aromatic rings. The van der Waals surface area contributed by atoms with Crippen LogP contribution in [0, 0.1) is 5.92 Å². The van der Waals surface area contributed by atoms with Crippen molar-refractivity contribution in [3.8, 4) is 11.5 Å². The van der Waals surface area contributed by atoms with E-state index in [1.165, 1.54) is 24.8 Å². The van der Waals surface area contributed by atoms with Crippen LogP contribution in [0.15, 0.2) is 54.6 Å². The Balaban J connectivity index is 1.38. The molecule has 0 radical (unpaired) electrons. The summed E-state index contributed by atoms with van der Waals surface area (Å²) in [7, 11) is 0. The molecule has 1 saturated carbocycles. The first-order valence-electron chi connectivity index (χ1n) is 7.34.